The monoisotopic (exact) mass is 268 g/mol. The van der Waals surface area contributed by atoms with Crippen LogP contribution in [0.1, 0.15) is 27.7 Å². The summed E-state index contributed by atoms with van der Waals surface area (Å²) in [5.74, 6) is 0.808. The molecule has 1 aromatic heterocycles. The molecule has 2 heterocycles. The average Bonchev–Trinajstić information content (AvgIpc) is 2.52. The van der Waals surface area contributed by atoms with Crippen molar-refractivity contribution in [3.63, 3.8) is 0 Å². The number of hydrogen-bond acceptors (Lipinski definition) is 5. The number of pyridine rings is 1. The molecule has 1 aliphatic rings. The van der Waals surface area contributed by atoms with Gasteiger partial charge in [0.05, 0.1) is 4.92 Å². The van der Waals surface area contributed by atoms with E-state index in [2.05, 4.69) is 15.2 Å². The molecule has 6 nitrogen and oxygen atoms in total. The molecular weight excluding hydrogens is 244 g/mol. The Kier molecular flexibility index (Phi) is 9.34. The van der Waals surface area contributed by atoms with Gasteiger partial charge in [0, 0.05) is 32.2 Å². The number of anilines is 1. The Labute approximate surface area is 115 Å². The molecule has 1 aliphatic heterocycles. The van der Waals surface area contributed by atoms with Gasteiger partial charge in [-0.05, 0) is 6.07 Å². The topological polar surface area (TPSA) is 71.3 Å². The quantitative estimate of drug-likeness (QED) is 0.659. The first-order valence-corrected chi connectivity index (χ1v) is 6.83. The minimum absolute atomic E-state index is 0.0360. The molecule has 0 bridgehead atoms. The second kappa shape index (κ2) is 10.3. The van der Waals surface area contributed by atoms with Crippen molar-refractivity contribution in [2.24, 2.45) is 0 Å². The Morgan fingerprint density at radius 1 is 1.21 bits per heavy atom. The van der Waals surface area contributed by atoms with Crippen molar-refractivity contribution < 1.29 is 4.92 Å². The number of rotatable bonds is 2. The molecule has 0 atom stereocenters. The van der Waals surface area contributed by atoms with Crippen molar-refractivity contribution in [2.75, 3.05) is 31.1 Å². The Morgan fingerprint density at radius 3 is 2.21 bits per heavy atom. The molecule has 0 unspecified atom stereocenters. The highest BCUT2D eigenvalue weighted by Gasteiger charge is 2.12. The summed E-state index contributed by atoms with van der Waals surface area (Å²) in [7, 11) is 0. The smallest absolute Gasteiger partial charge is 0.287 e. The second-order valence-electron chi connectivity index (χ2n) is 3.37. The van der Waals surface area contributed by atoms with E-state index in [1.54, 1.807) is 6.07 Å². The van der Waals surface area contributed by atoms with Crippen LogP contribution in [-0.4, -0.2) is 36.1 Å². The fraction of sp³-hybridized carbons (Fsp3) is 0.615. The van der Waals surface area contributed by atoms with E-state index in [0.29, 0.717) is 0 Å². The van der Waals surface area contributed by atoms with E-state index in [-0.39, 0.29) is 5.69 Å². The molecule has 2 rings (SSSR count). The van der Waals surface area contributed by atoms with E-state index in [4.69, 9.17) is 0 Å². The van der Waals surface area contributed by atoms with Crippen molar-refractivity contribution in [1.29, 1.82) is 0 Å². The van der Waals surface area contributed by atoms with Crippen LogP contribution in [0.15, 0.2) is 18.3 Å². The molecule has 108 valence electrons. The molecule has 0 aliphatic carbocycles. The molecule has 0 radical (unpaired) electrons. The van der Waals surface area contributed by atoms with Gasteiger partial charge in [0.1, 0.15) is 12.0 Å². The minimum atomic E-state index is -0.436. The van der Waals surface area contributed by atoms with Gasteiger partial charge < -0.3 is 10.2 Å². The Balaban J connectivity index is 0.000000741. The third kappa shape index (κ3) is 5.65. The standard InChI is InChI=1S/C9H12N4O2.2C2H6/c14-13(15)8-1-2-9(11-7-8)12-5-3-10-4-6-12;2*1-2/h1-2,7,10H,3-6H2;2*1-2H3. The van der Waals surface area contributed by atoms with Gasteiger partial charge in [-0.15, -0.1) is 0 Å². The van der Waals surface area contributed by atoms with Gasteiger partial charge in [-0.25, -0.2) is 4.98 Å². The number of nitrogens with one attached hydrogen (secondary N) is 1. The van der Waals surface area contributed by atoms with Crippen LogP contribution in [0.5, 0.6) is 0 Å². The van der Waals surface area contributed by atoms with E-state index < -0.39 is 4.92 Å². The summed E-state index contributed by atoms with van der Waals surface area (Å²) in [6.07, 6.45) is 1.30. The fourth-order valence-electron chi connectivity index (χ4n) is 1.57. The number of nitro groups is 1. The van der Waals surface area contributed by atoms with Crippen LogP contribution in [0.25, 0.3) is 0 Å². The molecule has 0 amide bonds. The molecule has 1 aromatic rings. The van der Waals surface area contributed by atoms with E-state index in [1.165, 1.54) is 12.3 Å². The first-order chi connectivity index (χ1) is 9.27. The molecule has 6 heteroatoms. The van der Waals surface area contributed by atoms with Crippen LogP contribution in [0, 0.1) is 10.1 Å². The van der Waals surface area contributed by atoms with Gasteiger partial charge in [0.2, 0.25) is 0 Å². The van der Waals surface area contributed by atoms with Crippen LogP contribution in [0.3, 0.4) is 0 Å². The maximum Gasteiger partial charge on any atom is 0.287 e. The molecule has 1 fully saturated rings. The maximum atomic E-state index is 10.4. The summed E-state index contributed by atoms with van der Waals surface area (Å²) in [6.45, 7) is 11.6. The lowest BCUT2D eigenvalue weighted by Crippen LogP contribution is -2.43. The highest BCUT2D eigenvalue weighted by atomic mass is 16.6. The number of aromatic nitrogens is 1. The largest absolute Gasteiger partial charge is 0.354 e. The van der Waals surface area contributed by atoms with Crippen molar-refractivity contribution in [2.45, 2.75) is 27.7 Å². The summed E-state index contributed by atoms with van der Waals surface area (Å²) in [6, 6.07) is 3.19. The van der Waals surface area contributed by atoms with Crippen LogP contribution < -0.4 is 10.2 Å². The van der Waals surface area contributed by atoms with Gasteiger partial charge in [-0.2, -0.15) is 0 Å². The normalized spacial score (nSPS) is 13.6. The molecule has 0 aromatic carbocycles. The highest BCUT2D eigenvalue weighted by molar-refractivity contribution is 5.43. The van der Waals surface area contributed by atoms with Crippen LogP contribution in [0.2, 0.25) is 0 Å². The average molecular weight is 268 g/mol. The van der Waals surface area contributed by atoms with E-state index >= 15 is 0 Å². The minimum Gasteiger partial charge on any atom is -0.354 e. The van der Waals surface area contributed by atoms with E-state index in [9.17, 15) is 10.1 Å². The van der Waals surface area contributed by atoms with Crippen molar-refractivity contribution >= 4 is 11.5 Å². The second-order valence-corrected chi connectivity index (χ2v) is 3.37. The Bertz CT molecular complexity index is 348. The zero-order valence-electron chi connectivity index (χ0n) is 12.2. The number of piperazine rings is 1. The SMILES string of the molecule is CC.CC.O=[N+]([O-])c1ccc(N2CCNCC2)nc1. The van der Waals surface area contributed by atoms with Gasteiger partial charge in [0.25, 0.3) is 5.69 Å². The van der Waals surface area contributed by atoms with Gasteiger partial charge >= 0.3 is 0 Å². The van der Waals surface area contributed by atoms with Crippen molar-refractivity contribution in [3.05, 3.63) is 28.4 Å². The number of nitrogens with zero attached hydrogens (tertiary/aromatic N) is 3. The zero-order chi connectivity index (χ0) is 14.7. The summed E-state index contributed by atoms with van der Waals surface area (Å²) >= 11 is 0. The van der Waals surface area contributed by atoms with Gasteiger partial charge in [-0.3, -0.25) is 10.1 Å². The predicted molar refractivity (Wildman–Crippen MR) is 78.7 cm³/mol. The van der Waals surface area contributed by atoms with Crippen molar-refractivity contribution in [1.82, 2.24) is 10.3 Å². The van der Waals surface area contributed by atoms with E-state index in [1.807, 2.05) is 27.7 Å². The van der Waals surface area contributed by atoms with Crippen LogP contribution in [0.4, 0.5) is 11.5 Å². The lowest BCUT2D eigenvalue weighted by Gasteiger charge is -2.28. The molecule has 1 N–H and O–H groups in total. The summed E-state index contributed by atoms with van der Waals surface area (Å²) in [5.41, 5.74) is 0.0360. The fourth-order valence-corrected chi connectivity index (χ4v) is 1.57. The number of hydrogen-bond donors (Lipinski definition) is 1. The van der Waals surface area contributed by atoms with Crippen LogP contribution >= 0.6 is 0 Å². The third-order valence-corrected chi connectivity index (χ3v) is 2.38. The molecule has 19 heavy (non-hydrogen) atoms. The molecule has 0 saturated carbocycles. The molecule has 0 spiro atoms. The lowest BCUT2D eigenvalue weighted by atomic mass is 10.3. The van der Waals surface area contributed by atoms with Gasteiger partial charge in [0.15, 0.2) is 0 Å². The molecule has 1 saturated heterocycles. The van der Waals surface area contributed by atoms with Crippen molar-refractivity contribution in [3.8, 4) is 0 Å². The Hall–Kier alpha value is -1.69. The van der Waals surface area contributed by atoms with E-state index in [0.717, 1.165) is 32.0 Å². The van der Waals surface area contributed by atoms with Gasteiger partial charge in [-0.1, -0.05) is 27.7 Å². The summed E-state index contributed by atoms with van der Waals surface area (Å²) < 4.78 is 0. The molecular formula is C13H24N4O2. The third-order valence-electron chi connectivity index (χ3n) is 2.38. The summed E-state index contributed by atoms with van der Waals surface area (Å²) in [4.78, 5) is 16.2. The Morgan fingerprint density at radius 2 is 1.79 bits per heavy atom. The predicted octanol–water partition coefficient (Wildman–Crippen LogP) is 2.45. The lowest BCUT2D eigenvalue weighted by molar-refractivity contribution is -0.385. The first-order valence-electron chi connectivity index (χ1n) is 6.83. The zero-order valence-corrected chi connectivity index (χ0v) is 12.2. The van der Waals surface area contributed by atoms with Crippen LogP contribution in [-0.2, 0) is 0 Å². The summed E-state index contributed by atoms with van der Waals surface area (Å²) in [5, 5.41) is 13.7. The highest BCUT2D eigenvalue weighted by Crippen LogP contribution is 2.15. The first kappa shape index (κ1) is 17.3. The maximum absolute atomic E-state index is 10.4.